The Balaban J connectivity index is 1.93. The highest BCUT2D eigenvalue weighted by molar-refractivity contribution is 7.89. The van der Waals surface area contributed by atoms with Gasteiger partial charge in [0.1, 0.15) is 16.4 Å². The average Bonchev–Trinajstić information content (AvgIpc) is 3.31. The van der Waals surface area contributed by atoms with E-state index in [0.29, 0.717) is 17.9 Å². The third-order valence-corrected chi connectivity index (χ3v) is 7.06. The second kappa shape index (κ2) is 10.6. The molecule has 2 aromatic carbocycles. The number of anilines is 2. The molecule has 0 spiro atoms. The van der Waals surface area contributed by atoms with Crippen LogP contribution in [0.1, 0.15) is 23.7 Å². The molecule has 0 unspecified atom stereocenters. The van der Waals surface area contributed by atoms with Crippen molar-refractivity contribution in [3.8, 4) is 22.8 Å². The molecular formula is C22H26N4O5S2. The summed E-state index contributed by atoms with van der Waals surface area (Å²) in [7, 11) is 0.834. The molecule has 0 radical (unpaired) electrons. The summed E-state index contributed by atoms with van der Waals surface area (Å²) in [5.41, 5.74) is 2.14. The first-order valence-electron chi connectivity index (χ1n) is 10.1. The Labute approximate surface area is 197 Å². The zero-order chi connectivity index (χ0) is 24.0. The zero-order valence-corrected chi connectivity index (χ0v) is 20.4. The van der Waals surface area contributed by atoms with Crippen LogP contribution in [-0.4, -0.2) is 47.1 Å². The van der Waals surface area contributed by atoms with Gasteiger partial charge in [-0.25, -0.2) is 18.1 Å². The Morgan fingerprint density at radius 2 is 1.82 bits per heavy atom. The molecule has 1 aromatic heterocycles. The Morgan fingerprint density at radius 3 is 2.45 bits per heavy atom. The third kappa shape index (κ3) is 5.62. The summed E-state index contributed by atoms with van der Waals surface area (Å²) in [6, 6.07) is 9.60. The number of thiazole rings is 1. The number of benzene rings is 2. The van der Waals surface area contributed by atoms with E-state index in [9.17, 15) is 13.2 Å². The molecule has 3 N–H and O–H groups in total. The van der Waals surface area contributed by atoms with Crippen molar-refractivity contribution in [2.45, 2.75) is 18.2 Å². The highest BCUT2D eigenvalue weighted by atomic mass is 32.2. The quantitative estimate of drug-likeness (QED) is 0.395. The Morgan fingerprint density at radius 1 is 1.09 bits per heavy atom. The second-order valence-corrected chi connectivity index (χ2v) is 9.51. The molecule has 0 atom stereocenters. The van der Waals surface area contributed by atoms with E-state index in [-0.39, 0.29) is 22.8 Å². The Kier molecular flexibility index (Phi) is 7.90. The lowest BCUT2D eigenvalue weighted by atomic mass is 10.1. The van der Waals surface area contributed by atoms with Crippen LogP contribution >= 0.6 is 11.3 Å². The molecule has 0 aliphatic rings. The molecule has 0 saturated carbocycles. The third-order valence-electron chi connectivity index (χ3n) is 4.72. The minimum absolute atomic E-state index is 0.103. The number of nitrogens with zero attached hydrogens (tertiary/aromatic N) is 1. The molecule has 3 aromatic rings. The van der Waals surface area contributed by atoms with Gasteiger partial charge < -0.3 is 20.1 Å². The first kappa shape index (κ1) is 24.5. The topological polar surface area (TPSA) is 119 Å². The van der Waals surface area contributed by atoms with Crippen LogP contribution in [0.2, 0.25) is 0 Å². The summed E-state index contributed by atoms with van der Waals surface area (Å²) in [6.45, 7) is 2.13. The summed E-state index contributed by atoms with van der Waals surface area (Å²) in [5, 5.41) is 8.48. The number of aromatic nitrogens is 1. The monoisotopic (exact) mass is 490 g/mol. The predicted molar refractivity (Wildman–Crippen MR) is 130 cm³/mol. The lowest BCUT2D eigenvalue weighted by Crippen LogP contribution is -2.25. The number of rotatable bonds is 10. The summed E-state index contributed by atoms with van der Waals surface area (Å²) in [4.78, 5) is 17.4. The largest absolute Gasteiger partial charge is 0.495 e. The first-order chi connectivity index (χ1) is 15.8. The molecule has 11 heteroatoms. The summed E-state index contributed by atoms with van der Waals surface area (Å²) in [5.74, 6) is 0.120. The highest BCUT2D eigenvalue weighted by Gasteiger charge is 2.22. The molecule has 0 fully saturated rings. The second-order valence-electron chi connectivity index (χ2n) is 6.92. The maximum absolute atomic E-state index is 13.0. The van der Waals surface area contributed by atoms with Crippen LogP contribution in [0.3, 0.4) is 0 Å². The fourth-order valence-electron chi connectivity index (χ4n) is 3.02. The minimum atomic E-state index is -3.84. The molecule has 33 heavy (non-hydrogen) atoms. The lowest BCUT2D eigenvalue weighted by Gasteiger charge is -2.14. The number of nitrogens with one attached hydrogen (secondary N) is 3. The van der Waals surface area contributed by atoms with Gasteiger partial charge in [0.25, 0.3) is 5.91 Å². The smallest absolute Gasteiger partial charge is 0.255 e. The molecule has 3 rings (SSSR count). The molecule has 1 heterocycles. The van der Waals surface area contributed by atoms with Crippen molar-refractivity contribution in [3.63, 3.8) is 0 Å². The first-order valence-corrected chi connectivity index (χ1v) is 12.5. The van der Waals surface area contributed by atoms with Crippen LogP contribution < -0.4 is 24.8 Å². The maximum Gasteiger partial charge on any atom is 0.255 e. The normalized spacial score (nSPS) is 11.2. The van der Waals surface area contributed by atoms with Crippen molar-refractivity contribution in [1.82, 2.24) is 9.71 Å². The van der Waals surface area contributed by atoms with Gasteiger partial charge in [0, 0.05) is 30.1 Å². The van der Waals surface area contributed by atoms with Gasteiger partial charge in [-0.3, -0.25) is 4.79 Å². The van der Waals surface area contributed by atoms with Crippen LogP contribution in [0, 0.1) is 0 Å². The predicted octanol–water partition coefficient (Wildman–Crippen LogP) is 3.81. The highest BCUT2D eigenvalue weighted by Crippen LogP contribution is 2.33. The van der Waals surface area contributed by atoms with E-state index < -0.39 is 15.9 Å². The Hall–Kier alpha value is -3.15. The van der Waals surface area contributed by atoms with E-state index in [1.54, 1.807) is 19.2 Å². The van der Waals surface area contributed by atoms with Gasteiger partial charge in [-0.2, -0.15) is 0 Å². The molecule has 9 nitrogen and oxygen atoms in total. The van der Waals surface area contributed by atoms with E-state index in [1.807, 2.05) is 18.4 Å². The van der Waals surface area contributed by atoms with Gasteiger partial charge in [-0.1, -0.05) is 6.92 Å². The van der Waals surface area contributed by atoms with Crippen LogP contribution in [0.15, 0.2) is 46.7 Å². The number of ether oxygens (including phenoxy) is 2. The molecule has 0 aliphatic carbocycles. The number of sulfonamides is 1. The van der Waals surface area contributed by atoms with Gasteiger partial charge in [0.2, 0.25) is 10.0 Å². The van der Waals surface area contributed by atoms with Crippen LogP contribution in [0.4, 0.5) is 10.8 Å². The summed E-state index contributed by atoms with van der Waals surface area (Å²) in [6.07, 6.45) is 0.632. The fourth-order valence-corrected chi connectivity index (χ4v) is 5.03. The SMILES string of the molecule is CCCNS(=O)(=O)c1cc(C(=O)Nc2cc(-c3csc(NC)n3)ccc2OC)ccc1OC. The van der Waals surface area contributed by atoms with E-state index in [1.165, 1.54) is 43.8 Å². The zero-order valence-electron chi connectivity index (χ0n) is 18.8. The van der Waals surface area contributed by atoms with Gasteiger partial charge in [0.15, 0.2) is 5.13 Å². The number of carbonyl (C=O) groups is 1. The van der Waals surface area contributed by atoms with E-state index in [4.69, 9.17) is 9.47 Å². The standard InChI is InChI=1S/C22H26N4O5S2/c1-5-10-24-33(28,29)20-12-15(7-9-19(20)31-4)21(27)25-16-11-14(6-8-18(16)30-3)17-13-32-22(23-2)26-17/h6-9,11-13,24H,5,10H2,1-4H3,(H,23,26)(H,25,27). The fraction of sp³-hybridized carbons (Fsp3) is 0.273. The van der Waals surface area contributed by atoms with Crippen molar-refractivity contribution >= 4 is 38.1 Å². The molecule has 0 saturated heterocycles. The van der Waals surface area contributed by atoms with Crippen molar-refractivity contribution in [2.75, 3.05) is 38.4 Å². The summed E-state index contributed by atoms with van der Waals surface area (Å²) < 4.78 is 38.4. The van der Waals surface area contributed by atoms with Gasteiger partial charge in [-0.05, 0) is 42.8 Å². The number of hydrogen-bond donors (Lipinski definition) is 3. The number of methoxy groups -OCH3 is 2. The van der Waals surface area contributed by atoms with Gasteiger partial charge in [-0.15, -0.1) is 11.3 Å². The van der Waals surface area contributed by atoms with Crippen LogP contribution in [0.25, 0.3) is 11.3 Å². The van der Waals surface area contributed by atoms with E-state index in [0.717, 1.165) is 16.4 Å². The Bertz CT molecular complexity index is 1240. The molecule has 0 bridgehead atoms. The maximum atomic E-state index is 13.0. The number of hydrogen-bond acceptors (Lipinski definition) is 8. The number of amides is 1. The van der Waals surface area contributed by atoms with Crippen LogP contribution in [-0.2, 0) is 10.0 Å². The van der Waals surface area contributed by atoms with E-state index in [2.05, 4.69) is 20.3 Å². The molecule has 0 aliphatic heterocycles. The average molecular weight is 491 g/mol. The van der Waals surface area contributed by atoms with Crippen LogP contribution in [0.5, 0.6) is 11.5 Å². The van der Waals surface area contributed by atoms with Crippen molar-refractivity contribution in [3.05, 3.63) is 47.3 Å². The van der Waals surface area contributed by atoms with Gasteiger partial charge >= 0.3 is 0 Å². The van der Waals surface area contributed by atoms with Crippen molar-refractivity contribution in [2.24, 2.45) is 0 Å². The number of carbonyl (C=O) groups excluding carboxylic acids is 1. The summed E-state index contributed by atoms with van der Waals surface area (Å²) >= 11 is 1.47. The van der Waals surface area contributed by atoms with Gasteiger partial charge in [0.05, 0.1) is 25.6 Å². The minimum Gasteiger partial charge on any atom is -0.495 e. The van der Waals surface area contributed by atoms with Crippen molar-refractivity contribution < 1.29 is 22.7 Å². The molecular weight excluding hydrogens is 464 g/mol. The molecule has 176 valence electrons. The molecule has 1 amide bonds. The van der Waals surface area contributed by atoms with Crippen molar-refractivity contribution in [1.29, 1.82) is 0 Å². The lowest BCUT2D eigenvalue weighted by molar-refractivity contribution is 0.102. The van der Waals surface area contributed by atoms with E-state index >= 15 is 0 Å².